The highest BCUT2D eigenvalue weighted by molar-refractivity contribution is 6.76. The van der Waals surface area contributed by atoms with E-state index in [1.54, 1.807) is 54.5 Å². The van der Waals surface area contributed by atoms with Gasteiger partial charge in [0, 0.05) is 56.0 Å². The molecule has 11 heteroatoms. The summed E-state index contributed by atoms with van der Waals surface area (Å²) in [6.07, 6.45) is 5.08. The van der Waals surface area contributed by atoms with Crippen molar-refractivity contribution in [1.82, 2.24) is 19.7 Å². The number of amides is 1. The van der Waals surface area contributed by atoms with Crippen molar-refractivity contribution in [3.05, 3.63) is 76.5 Å². The lowest BCUT2D eigenvalue weighted by Gasteiger charge is -2.20. The predicted octanol–water partition coefficient (Wildman–Crippen LogP) is 6.51. The Morgan fingerprint density at radius 3 is 2.69 bits per heavy atom. The van der Waals surface area contributed by atoms with Crippen LogP contribution in [-0.4, -0.2) is 58.5 Å². The highest BCUT2D eigenvalue weighted by atomic mass is 35.5. The zero-order valence-electron chi connectivity index (χ0n) is 24.4. The van der Waals surface area contributed by atoms with E-state index in [2.05, 4.69) is 29.7 Å². The number of ether oxygens (including phenoxy) is 2. The van der Waals surface area contributed by atoms with Crippen molar-refractivity contribution in [3.8, 4) is 16.9 Å². The molecule has 8 nitrogen and oxygen atoms in total. The van der Waals surface area contributed by atoms with Crippen molar-refractivity contribution >= 4 is 36.5 Å². The lowest BCUT2D eigenvalue weighted by molar-refractivity contribution is 0.0780. The summed E-state index contributed by atoms with van der Waals surface area (Å²) in [5, 5.41) is 15.5. The highest BCUT2D eigenvalue weighted by Crippen LogP contribution is 2.39. The summed E-state index contributed by atoms with van der Waals surface area (Å²) in [6.45, 7) is 7.70. The smallest absolute Gasteiger partial charge is 0.254 e. The van der Waals surface area contributed by atoms with E-state index in [-0.39, 0.29) is 43.0 Å². The summed E-state index contributed by atoms with van der Waals surface area (Å²) in [5.74, 6) is -0.609. The van der Waals surface area contributed by atoms with E-state index in [0.29, 0.717) is 34.0 Å². The number of hydrogen-bond acceptors (Lipinski definition) is 6. The zero-order valence-corrected chi connectivity index (χ0v) is 26.1. The molecule has 0 bridgehead atoms. The fourth-order valence-corrected chi connectivity index (χ4v) is 5.67. The van der Waals surface area contributed by atoms with Gasteiger partial charge < -0.3 is 19.5 Å². The van der Waals surface area contributed by atoms with E-state index in [0.717, 1.165) is 30.0 Å². The molecule has 0 saturated heterocycles. The molecule has 1 fully saturated rings. The van der Waals surface area contributed by atoms with Gasteiger partial charge in [-0.2, -0.15) is 5.10 Å². The first kappa shape index (κ1) is 30.2. The maximum atomic E-state index is 15.6. The van der Waals surface area contributed by atoms with Gasteiger partial charge in [0.05, 0.1) is 35.7 Å². The second-order valence-electron chi connectivity index (χ2n) is 12.0. The van der Waals surface area contributed by atoms with Crippen LogP contribution in [0.5, 0.6) is 5.75 Å². The van der Waals surface area contributed by atoms with Gasteiger partial charge in [-0.3, -0.25) is 9.78 Å². The second kappa shape index (κ2) is 12.5. The Kier molecular flexibility index (Phi) is 8.98. The maximum Gasteiger partial charge on any atom is 0.254 e. The average molecular weight is 611 g/mol. The number of aliphatic hydroxyl groups excluding tert-OH is 1. The second-order valence-corrected chi connectivity index (χ2v) is 18.0. The van der Waals surface area contributed by atoms with Crippen LogP contribution >= 0.6 is 11.6 Å². The number of carbonyl (C=O) groups excluding carboxylic acids is 1. The quantitative estimate of drug-likeness (QED) is 0.145. The minimum Gasteiger partial charge on any atom is -0.490 e. The number of halogens is 2. The van der Waals surface area contributed by atoms with Crippen LogP contribution in [0.2, 0.25) is 30.7 Å². The van der Waals surface area contributed by atoms with Crippen LogP contribution < -0.4 is 4.74 Å². The van der Waals surface area contributed by atoms with Gasteiger partial charge in [-0.1, -0.05) is 43.4 Å². The minimum atomic E-state index is -1.25. The number of hydrogen-bond donors (Lipinski definition) is 1. The van der Waals surface area contributed by atoms with Crippen molar-refractivity contribution in [3.63, 3.8) is 0 Å². The fraction of sp³-hybridized carbons (Fsp3) is 0.387. The number of fused-ring (bicyclic) bond motifs is 1. The average Bonchev–Trinajstić information content (AvgIpc) is 3.65. The molecule has 0 atom stereocenters. The van der Waals surface area contributed by atoms with Crippen LogP contribution in [0.25, 0.3) is 22.0 Å². The molecule has 42 heavy (non-hydrogen) atoms. The molecule has 1 N–H and O–H groups in total. The van der Waals surface area contributed by atoms with Gasteiger partial charge >= 0.3 is 0 Å². The number of aliphatic hydroxyl groups is 1. The van der Waals surface area contributed by atoms with Gasteiger partial charge in [0.2, 0.25) is 0 Å². The maximum absolute atomic E-state index is 15.6. The number of aromatic nitrogens is 3. The third-order valence-corrected chi connectivity index (χ3v) is 9.12. The van der Waals surface area contributed by atoms with Crippen molar-refractivity contribution < 1.29 is 23.8 Å². The third-order valence-electron chi connectivity index (χ3n) is 7.18. The molecule has 4 aromatic rings. The van der Waals surface area contributed by atoms with Crippen LogP contribution in [0.3, 0.4) is 0 Å². The molecule has 0 spiro atoms. The summed E-state index contributed by atoms with van der Waals surface area (Å²) in [5.41, 5.74) is 3.01. The normalized spacial score (nSPS) is 13.5. The lowest BCUT2D eigenvalue weighted by atomic mass is 10.0. The molecular weight excluding hydrogens is 575 g/mol. The Balaban J connectivity index is 1.41. The van der Waals surface area contributed by atoms with Gasteiger partial charge in [-0.05, 0) is 48.7 Å². The molecule has 0 aliphatic heterocycles. The fourth-order valence-electron chi connectivity index (χ4n) is 4.73. The van der Waals surface area contributed by atoms with Gasteiger partial charge in [-0.15, -0.1) is 0 Å². The molecule has 2 aromatic heterocycles. The van der Waals surface area contributed by atoms with Gasteiger partial charge in [-0.25, -0.2) is 9.07 Å². The number of pyridine rings is 1. The molecule has 222 valence electrons. The van der Waals surface area contributed by atoms with Crippen molar-refractivity contribution in [1.29, 1.82) is 0 Å². The van der Waals surface area contributed by atoms with Gasteiger partial charge in [0.1, 0.15) is 18.3 Å². The molecule has 1 aliphatic carbocycles. The minimum absolute atomic E-state index is 0.00283. The number of benzene rings is 2. The van der Waals surface area contributed by atoms with Gasteiger partial charge in [0.15, 0.2) is 0 Å². The molecule has 2 aromatic carbocycles. The number of carbonyl (C=O) groups is 1. The summed E-state index contributed by atoms with van der Waals surface area (Å²) in [4.78, 5) is 19.5. The molecule has 1 saturated carbocycles. The molecule has 5 rings (SSSR count). The lowest BCUT2D eigenvalue weighted by Crippen LogP contribution is -2.27. The zero-order chi connectivity index (χ0) is 30.0. The van der Waals surface area contributed by atoms with Crippen molar-refractivity contribution in [2.24, 2.45) is 0 Å². The topological polar surface area (TPSA) is 89.7 Å². The summed E-state index contributed by atoms with van der Waals surface area (Å²) in [6, 6.07) is 10.8. The van der Waals surface area contributed by atoms with E-state index >= 15 is 4.39 Å². The molecule has 0 radical (unpaired) electrons. The van der Waals surface area contributed by atoms with E-state index in [9.17, 15) is 9.90 Å². The SMILES string of the molecule is CN(Cc1cnc(CO)c2cnn(COCC[Si](C)(C)C)c12)C(=O)c1cc(F)c(-c2cccc(Cl)c2)c(OC2CC2)c1. The summed E-state index contributed by atoms with van der Waals surface area (Å²) >= 11 is 6.18. The Bertz CT molecular complexity index is 1600. The van der Waals surface area contributed by atoms with Crippen molar-refractivity contribution in [2.75, 3.05) is 13.7 Å². The largest absolute Gasteiger partial charge is 0.490 e. The molecule has 1 amide bonds. The third kappa shape index (κ3) is 7.00. The highest BCUT2D eigenvalue weighted by Gasteiger charge is 2.28. The van der Waals surface area contributed by atoms with E-state index in [1.807, 2.05) is 0 Å². The monoisotopic (exact) mass is 610 g/mol. The van der Waals surface area contributed by atoms with E-state index in [4.69, 9.17) is 21.1 Å². The Morgan fingerprint density at radius 2 is 2.00 bits per heavy atom. The van der Waals surface area contributed by atoms with Gasteiger partial charge in [0.25, 0.3) is 5.91 Å². The summed E-state index contributed by atoms with van der Waals surface area (Å²) in [7, 11) is 0.408. The van der Waals surface area contributed by atoms with E-state index < -0.39 is 13.9 Å². The molecule has 1 aliphatic rings. The predicted molar refractivity (Wildman–Crippen MR) is 164 cm³/mol. The first-order chi connectivity index (χ1) is 20.0. The summed E-state index contributed by atoms with van der Waals surface area (Å²) < 4.78 is 29.4. The van der Waals surface area contributed by atoms with E-state index in [1.165, 1.54) is 11.0 Å². The van der Waals surface area contributed by atoms with Crippen LogP contribution in [0.15, 0.2) is 48.8 Å². The Morgan fingerprint density at radius 1 is 1.21 bits per heavy atom. The van der Waals surface area contributed by atoms with Crippen molar-refractivity contribution in [2.45, 2.75) is 64.5 Å². The Hall–Kier alpha value is -3.31. The number of rotatable bonds is 12. The number of nitrogens with zero attached hydrogens (tertiary/aromatic N) is 4. The van der Waals surface area contributed by atoms with Crippen LogP contribution in [0.1, 0.15) is 34.5 Å². The molecule has 2 heterocycles. The van der Waals surface area contributed by atoms with Crippen LogP contribution in [0, 0.1) is 5.82 Å². The molecular formula is C31H36ClFN4O4Si. The van der Waals surface area contributed by atoms with Crippen LogP contribution in [0.4, 0.5) is 4.39 Å². The first-order valence-electron chi connectivity index (χ1n) is 14.1. The molecule has 0 unspecified atom stereocenters. The Labute approximate surface area is 251 Å². The first-order valence-corrected chi connectivity index (χ1v) is 18.1. The van der Waals surface area contributed by atoms with Crippen LogP contribution in [-0.2, 0) is 24.6 Å². The standard InChI is InChI=1S/C31H36ClFN4O4Si/c1-36(17-22-15-34-27(18-38)25-16-35-37(30(22)25)19-40-10-11-42(2,3)4)31(39)21-13-26(33)29(20-6-5-7-23(32)12-20)28(14-21)41-24-8-9-24/h5-7,12-16,24,38H,8-11,17-19H2,1-4H3.